The summed E-state index contributed by atoms with van der Waals surface area (Å²) in [5.74, 6) is 0.243. The molecule has 176 valence electrons. The van der Waals surface area contributed by atoms with Crippen molar-refractivity contribution >= 4 is 6.09 Å². The number of rotatable bonds is 5. The molecule has 1 aliphatic carbocycles. The molecular formula is C21H27F3N4O4. The average molecular weight is 456 g/mol. The molecule has 1 aliphatic heterocycles. The number of hydrogen-bond donors (Lipinski definition) is 0. The molecule has 2 fully saturated rings. The molecule has 1 saturated heterocycles. The van der Waals surface area contributed by atoms with E-state index in [1.165, 1.54) is 17.3 Å². The maximum absolute atomic E-state index is 12.9. The van der Waals surface area contributed by atoms with Crippen molar-refractivity contribution in [2.24, 2.45) is 0 Å². The molecule has 11 heteroatoms. The predicted octanol–water partition coefficient (Wildman–Crippen LogP) is 4.00. The highest BCUT2D eigenvalue weighted by atomic mass is 19.4. The summed E-state index contributed by atoms with van der Waals surface area (Å²) in [6.45, 7) is 2.26. The van der Waals surface area contributed by atoms with Gasteiger partial charge in [0.1, 0.15) is 12.2 Å². The number of aromatic nitrogens is 2. The SMILES string of the molecule is CC(C)(OC(=O)N1CCC(O[C@H]2CC[C@H](Oc3nccnc3C#N)CC2)CC1)C(F)(F)F. The lowest BCUT2D eigenvalue weighted by Crippen LogP contribution is -2.49. The van der Waals surface area contributed by atoms with E-state index in [0.717, 1.165) is 39.5 Å². The minimum atomic E-state index is -4.63. The van der Waals surface area contributed by atoms with Crippen LogP contribution in [0.5, 0.6) is 5.88 Å². The molecule has 0 bridgehead atoms. The summed E-state index contributed by atoms with van der Waals surface area (Å²) in [5.41, 5.74) is -2.37. The fourth-order valence-electron chi connectivity index (χ4n) is 3.72. The monoisotopic (exact) mass is 456 g/mol. The summed E-state index contributed by atoms with van der Waals surface area (Å²) >= 11 is 0. The van der Waals surface area contributed by atoms with Gasteiger partial charge in [0, 0.05) is 25.5 Å². The zero-order chi connectivity index (χ0) is 23.4. The molecular weight excluding hydrogens is 429 g/mol. The molecule has 1 saturated carbocycles. The van der Waals surface area contributed by atoms with Crippen LogP contribution in [0.4, 0.5) is 18.0 Å². The number of piperidine rings is 1. The number of hydrogen-bond acceptors (Lipinski definition) is 7. The molecule has 8 nitrogen and oxygen atoms in total. The molecule has 2 heterocycles. The molecule has 1 amide bonds. The van der Waals surface area contributed by atoms with Gasteiger partial charge in [0.25, 0.3) is 5.88 Å². The largest absolute Gasteiger partial charge is 0.472 e. The van der Waals surface area contributed by atoms with Crippen molar-refractivity contribution < 1.29 is 32.2 Å². The number of halogens is 3. The van der Waals surface area contributed by atoms with Gasteiger partial charge in [-0.2, -0.15) is 18.4 Å². The quantitative estimate of drug-likeness (QED) is 0.661. The molecule has 0 aromatic carbocycles. The first kappa shape index (κ1) is 24.0. The summed E-state index contributed by atoms with van der Waals surface area (Å²) < 4.78 is 55.5. The number of carbonyl (C=O) groups excluding carboxylic acids is 1. The van der Waals surface area contributed by atoms with Gasteiger partial charge < -0.3 is 19.1 Å². The Kier molecular flexibility index (Phi) is 7.44. The van der Waals surface area contributed by atoms with Crippen LogP contribution in [0.2, 0.25) is 0 Å². The number of ether oxygens (including phenoxy) is 3. The second-order valence-electron chi connectivity index (χ2n) is 8.54. The first-order valence-corrected chi connectivity index (χ1v) is 10.7. The molecule has 1 aromatic heterocycles. The summed E-state index contributed by atoms with van der Waals surface area (Å²) in [5, 5.41) is 9.08. The van der Waals surface area contributed by atoms with Crippen molar-refractivity contribution in [2.75, 3.05) is 13.1 Å². The van der Waals surface area contributed by atoms with Gasteiger partial charge in [0.15, 0.2) is 0 Å². The minimum absolute atomic E-state index is 0.0534. The fraction of sp³-hybridized carbons (Fsp3) is 0.714. The Balaban J connectivity index is 1.39. The number of nitriles is 1. The number of nitrogens with zero attached hydrogens (tertiary/aromatic N) is 4. The summed E-state index contributed by atoms with van der Waals surface area (Å²) in [6, 6.07) is 1.96. The Hall–Kier alpha value is -2.61. The average Bonchev–Trinajstić information content (AvgIpc) is 2.75. The molecule has 0 spiro atoms. The first-order valence-electron chi connectivity index (χ1n) is 10.7. The number of carbonyl (C=O) groups is 1. The van der Waals surface area contributed by atoms with Crippen LogP contribution < -0.4 is 4.74 Å². The van der Waals surface area contributed by atoms with Crippen molar-refractivity contribution in [3.05, 3.63) is 18.1 Å². The molecule has 1 aromatic rings. The van der Waals surface area contributed by atoms with Crippen LogP contribution in [-0.4, -0.2) is 64.1 Å². The van der Waals surface area contributed by atoms with Gasteiger partial charge in [-0.25, -0.2) is 14.8 Å². The van der Waals surface area contributed by atoms with Gasteiger partial charge in [-0.1, -0.05) is 0 Å². The fourth-order valence-corrected chi connectivity index (χ4v) is 3.72. The maximum atomic E-state index is 12.9. The Morgan fingerprint density at radius 2 is 1.59 bits per heavy atom. The molecule has 32 heavy (non-hydrogen) atoms. The third-order valence-corrected chi connectivity index (χ3v) is 5.78. The van der Waals surface area contributed by atoms with E-state index in [4.69, 9.17) is 14.7 Å². The van der Waals surface area contributed by atoms with E-state index in [0.29, 0.717) is 25.9 Å². The topological polar surface area (TPSA) is 97.6 Å². The summed E-state index contributed by atoms with van der Waals surface area (Å²) in [7, 11) is 0. The Morgan fingerprint density at radius 3 is 2.19 bits per heavy atom. The molecule has 0 radical (unpaired) electrons. The highest BCUT2D eigenvalue weighted by molar-refractivity contribution is 5.68. The van der Waals surface area contributed by atoms with Crippen molar-refractivity contribution in [3.8, 4) is 11.9 Å². The van der Waals surface area contributed by atoms with Gasteiger partial charge in [0.05, 0.1) is 12.2 Å². The maximum Gasteiger partial charge on any atom is 0.427 e. The number of likely N-dealkylation sites (tertiary alicyclic amines) is 1. The van der Waals surface area contributed by atoms with E-state index in [9.17, 15) is 18.0 Å². The third-order valence-electron chi connectivity index (χ3n) is 5.78. The van der Waals surface area contributed by atoms with E-state index >= 15 is 0 Å². The van der Waals surface area contributed by atoms with E-state index in [1.54, 1.807) is 0 Å². The van der Waals surface area contributed by atoms with Gasteiger partial charge >= 0.3 is 12.3 Å². The highest BCUT2D eigenvalue weighted by Crippen LogP contribution is 2.34. The lowest BCUT2D eigenvalue weighted by molar-refractivity contribution is -0.246. The Bertz CT molecular complexity index is 827. The zero-order valence-corrected chi connectivity index (χ0v) is 18.1. The molecule has 2 aliphatic rings. The van der Waals surface area contributed by atoms with Crippen LogP contribution in [0.1, 0.15) is 58.1 Å². The molecule has 0 atom stereocenters. The lowest BCUT2D eigenvalue weighted by atomic mass is 9.94. The molecule has 0 unspecified atom stereocenters. The van der Waals surface area contributed by atoms with Crippen molar-refractivity contribution in [1.82, 2.24) is 14.9 Å². The normalized spacial score (nSPS) is 22.8. The van der Waals surface area contributed by atoms with Crippen molar-refractivity contribution in [3.63, 3.8) is 0 Å². The van der Waals surface area contributed by atoms with Crippen LogP contribution in [0.3, 0.4) is 0 Å². The van der Waals surface area contributed by atoms with Crippen LogP contribution in [0, 0.1) is 11.3 Å². The zero-order valence-electron chi connectivity index (χ0n) is 18.1. The smallest absolute Gasteiger partial charge is 0.427 e. The Labute approximate surface area is 184 Å². The first-order chi connectivity index (χ1) is 15.1. The third kappa shape index (κ3) is 6.00. The van der Waals surface area contributed by atoms with Crippen molar-refractivity contribution in [1.29, 1.82) is 5.26 Å². The highest BCUT2D eigenvalue weighted by Gasteiger charge is 2.51. The van der Waals surface area contributed by atoms with Crippen LogP contribution in [0.15, 0.2) is 12.4 Å². The van der Waals surface area contributed by atoms with Crippen molar-refractivity contribution in [2.45, 2.75) is 82.5 Å². The van der Waals surface area contributed by atoms with Gasteiger partial charge in [0.2, 0.25) is 11.3 Å². The summed E-state index contributed by atoms with van der Waals surface area (Å²) in [4.78, 5) is 21.4. The predicted molar refractivity (Wildman–Crippen MR) is 106 cm³/mol. The lowest BCUT2D eigenvalue weighted by Gasteiger charge is -2.37. The molecule has 0 N–H and O–H groups in total. The second kappa shape index (κ2) is 9.90. The van der Waals surface area contributed by atoms with Gasteiger partial charge in [-0.3, -0.25) is 0 Å². The number of alkyl halides is 3. The van der Waals surface area contributed by atoms with E-state index < -0.39 is 17.9 Å². The van der Waals surface area contributed by atoms with Crippen LogP contribution >= 0.6 is 0 Å². The van der Waals surface area contributed by atoms with Gasteiger partial charge in [-0.05, 0) is 52.4 Å². The van der Waals surface area contributed by atoms with Crippen LogP contribution in [-0.2, 0) is 9.47 Å². The standard InChI is InChI=1S/C21H27F3N4O4/c1-20(2,21(22,23)24)32-19(29)28-11-7-16(8-12-28)30-14-3-5-15(6-4-14)31-18-17(13-25)26-9-10-27-18/h9-10,14-16H,3-8,11-12H2,1-2H3/t14-,15-. The van der Waals surface area contributed by atoms with Crippen LogP contribution in [0.25, 0.3) is 0 Å². The number of amides is 1. The minimum Gasteiger partial charge on any atom is -0.472 e. The van der Waals surface area contributed by atoms with E-state index in [-0.39, 0.29) is 29.9 Å². The van der Waals surface area contributed by atoms with Gasteiger partial charge in [-0.15, -0.1) is 0 Å². The second-order valence-corrected chi connectivity index (χ2v) is 8.54. The van der Waals surface area contributed by atoms with E-state index in [1.807, 2.05) is 6.07 Å². The summed E-state index contributed by atoms with van der Waals surface area (Å²) in [6.07, 6.45) is 1.45. The molecule has 3 rings (SSSR count). The Morgan fingerprint density at radius 1 is 1.03 bits per heavy atom. The van der Waals surface area contributed by atoms with E-state index in [2.05, 4.69) is 14.7 Å².